The highest BCUT2D eigenvalue weighted by Gasteiger charge is 2.58. The molecule has 4 nitrogen and oxygen atoms in total. The van der Waals surface area contributed by atoms with E-state index in [0.717, 1.165) is 40.5 Å². The van der Waals surface area contributed by atoms with Gasteiger partial charge in [-0.3, -0.25) is 0 Å². The van der Waals surface area contributed by atoms with Gasteiger partial charge in [-0.25, -0.2) is 0 Å². The number of fused-ring (bicyclic) bond motifs is 10. The number of benzene rings is 9. The first kappa shape index (κ1) is 49.5. The Hall–Kier alpha value is -7.76. The zero-order valence-corrected chi connectivity index (χ0v) is 48.1. The summed E-state index contributed by atoms with van der Waals surface area (Å²) in [6.07, 6.45) is 4.62. The second-order valence-corrected chi connectivity index (χ2v) is 26.9. The van der Waals surface area contributed by atoms with Gasteiger partial charge in [0, 0.05) is 67.6 Å². The molecule has 0 bridgehead atoms. The third-order valence-corrected chi connectivity index (χ3v) is 19.1. The largest absolute Gasteiger partial charge is 0.456 e. The molecule has 0 radical (unpaired) electrons. The predicted molar refractivity (Wildman–Crippen MR) is 338 cm³/mol. The Labute approximate surface area is 468 Å². The van der Waals surface area contributed by atoms with Crippen molar-refractivity contribution in [3.8, 4) is 22.3 Å². The number of hydrogen-bond acceptors (Lipinski definition) is 4. The maximum atomic E-state index is 6.79. The lowest BCUT2D eigenvalue weighted by Gasteiger charge is -2.51. The van der Waals surface area contributed by atoms with E-state index in [9.17, 15) is 0 Å². The van der Waals surface area contributed by atoms with Crippen LogP contribution in [0.25, 0.3) is 44.2 Å². The fraction of sp³-hybridized carbons (Fsp3) is 0.270. The molecule has 0 saturated heterocycles. The summed E-state index contributed by atoms with van der Waals surface area (Å²) in [6.45, 7) is 26.2. The molecular weight excluding hydrogens is 958 g/mol. The van der Waals surface area contributed by atoms with E-state index in [1.54, 1.807) is 0 Å². The van der Waals surface area contributed by atoms with Gasteiger partial charge < -0.3 is 19.1 Å². The molecular formula is C74H72BN3O. The molecule has 0 amide bonds. The van der Waals surface area contributed by atoms with Gasteiger partial charge in [-0.1, -0.05) is 197 Å². The van der Waals surface area contributed by atoms with Crippen LogP contribution in [-0.2, 0) is 21.7 Å². The fourth-order valence-corrected chi connectivity index (χ4v) is 14.4. The van der Waals surface area contributed by atoms with Crippen molar-refractivity contribution in [2.24, 2.45) is 0 Å². The number of anilines is 8. The van der Waals surface area contributed by atoms with Gasteiger partial charge in [0.2, 0.25) is 0 Å². The maximum Gasteiger partial charge on any atom is 0.252 e. The molecule has 4 aliphatic rings. The smallest absolute Gasteiger partial charge is 0.252 e. The molecule has 392 valence electrons. The lowest BCUT2D eigenvalue weighted by atomic mass is 9.33. The standard InChI is InChI=1S/C74H72BN3O/c1-70(2,3)50-31-37-61(57(41-50)48-24-16-13-17-25-48)77-64-43-52(72(7,8)9)30-35-60(64)75-59-34-29-51(71(4,5)6)42-63(59)76(53-32-33-56-55-26-18-19-27-67(55)79-68(56)46-53)65-44-54(45-66(77)69(65)75)78-62-36-28-49(47-22-14-12-15-23-47)40-58(62)73(10)38-20-21-39-74(73,78)11/h12-19,22-37,40-46H,20-21,38-39H2,1-11H3. The lowest BCUT2D eigenvalue weighted by Crippen LogP contribution is -2.61. The van der Waals surface area contributed by atoms with Gasteiger partial charge in [-0.15, -0.1) is 0 Å². The monoisotopic (exact) mass is 1030 g/mol. The minimum Gasteiger partial charge on any atom is -0.456 e. The summed E-state index contributed by atoms with van der Waals surface area (Å²) < 4.78 is 6.79. The quantitative estimate of drug-likeness (QED) is 0.160. The van der Waals surface area contributed by atoms with E-state index in [0.29, 0.717) is 0 Å². The topological polar surface area (TPSA) is 22.9 Å². The number of furan rings is 1. The molecule has 0 N–H and O–H groups in total. The van der Waals surface area contributed by atoms with Crippen LogP contribution in [0.3, 0.4) is 0 Å². The molecule has 10 aromatic rings. The molecule has 2 atom stereocenters. The molecule has 14 rings (SSSR count). The fourth-order valence-electron chi connectivity index (χ4n) is 14.4. The molecule has 79 heavy (non-hydrogen) atoms. The minimum absolute atomic E-state index is 0.0571. The summed E-state index contributed by atoms with van der Waals surface area (Å²) in [5.41, 5.74) is 25.2. The molecule has 1 fully saturated rings. The Balaban J connectivity index is 1.13. The van der Waals surface area contributed by atoms with Crippen molar-refractivity contribution < 1.29 is 4.42 Å². The van der Waals surface area contributed by atoms with Crippen LogP contribution in [0.15, 0.2) is 192 Å². The highest BCUT2D eigenvalue weighted by atomic mass is 16.3. The number of rotatable bonds is 5. The molecule has 5 heteroatoms. The average molecular weight is 1030 g/mol. The van der Waals surface area contributed by atoms with Crippen LogP contribution in [0.5, 0.6) is 0 Å². The van der Waals surface area contributed by atoms with Crippen molar-refractivity contribution in [3.63, 3.8) is 0 Å². The molecule has 9 aromatic carbocycles. The van der Waals surface area contributed by atoms with Crippen LogP contribution in [0.2, 0.25) is 0 Å². The van der Waals surface area contributed by atoms with Crippen LogP contribution in [-0.4, -0.2) is 12.3 Å². The Kier molecular flexibility index (Phi) is 10.9. The van der Waals surface area contributed by atoms with Crippen LogP contribution in [0.4, 0.5) is 45.5 Å². The number of para-hydroxylation sites is 1. The first-order valence-corrected chi connectivity index (χ1v) is 29.0. The van der Waals surface area contributed by atoms with E-state index in [1.165, 1.54) is 114 Å². The first-order valence-electron chi connectivity index (χ1n) is 29.0. The number of nitrogens with zero attached hydrogens (tertiary/aromatic N) is 3. The van der Waals surface area contributed by atoms with Crippen molar-refractivity contribution in [2.45, 2.75) is 129 Å². The zero-order chi connectivity index (χ0) is 54.5. The molecule has 4 heterocycles. The third kappa shape index (κ3) is 7.54. The van der Waals surface area contributed by atoms with Crippen LogP contribution < -0.4 is 31.1 Å². The van der Waals surface area contributed by atoms with Crippen molar-refractivity contribution in [3.05, 3.63) is 210 Å². The summed E-state index contributed by atoms with van der Waals surface area (Å²) >= 11 is 0. The van der Waals surface area contributed by atoms with Crippen LogP contribution >= 0.6 is 0 Å². The SMILES string of the molecule is CC(C)(C)c1ccc(N2c3cc(C(C)(C)C)ccc3B3c4ccc(C(C)(C)C)cc4N(c4ccc5c(c4)oc4ccccc45)c4cc(N5c6ccc(-c7ccccc7)cc6C6(C)CCCCC56C)cc2c43)c(-c2ccccc2)c1. The van der Waals surface area contributed by atoms with Crippen molar-refractivity contribution in [1.82, 2.24) is 0 Å². The van der Waals surface area contributed by atoms with Crippen LogP contribution in [0, 0.1) is 0 Å². The summed E-state index contributed by atoms with van der Waals surface area (Å²) in [4.78, 5) is 8.11. The Morgan fingerprint density at radius 3 is 1.65 bits per heavy atom. The molecule has 3 aliphatic heterocycles. The van der Waals surface area contributed by atoms with Gasteiger partial charge in [0.25, 0.3) is 6.71 Å². The Morgan fingerprint density at radius 2 is 0.975 bits per heavy atom. The highest BCUT2D eigenvalue weighted by Crippen LogP contribution is 2.62. The van der Waals surface area contributed by atoms with Gasteiger partial charge in [0.1, 0.15) is 11.2 Å². The highest BCUT2D eigenvalue weighted by molar-refractivity contribution is 7.00. The minimum atomic E-state index is -0.215. The van der Waals surface area contributed by atoms with E-state index in [-0.39, 0.29) is 33.9 Å². The van der Waals surface area contributed by atoms with Gasteiger partial charge in [-0.05, 0) is 158 Å². The van der Waals surface area contributed by atoms with Crippen molar-refractivity contribution in [2.75, 3.05) is 14.7 Å². The second-order valence-electron chi connectivity index (χ2n) is 26.9. The normalized spacial score (nSPS) is 18.6. The molecule has 1 saturated carbocycles. The molecule has 1 aromatic heterocycles. The first-order chi connectivity index (χ1) is 37.8. The van der Waals surface area contributed by atoms with Gasteiger partial charge in [0.05, 0.1) is 11.2 Å². The lowest BCUT2D eigenvalue weighted by molar-refractivity contribution is 0.195. The van der Waals surface area contributed by atoms with E-state index < -0.39 is 0 Å². The average Bonchev–Trinajstić information content (AvgIpc) is 4.11. The molecule has 0 spiro atoms. The molecule has 1 aliphatic carbocycles. The Bertz CT molecular complexity index is 4100. The van der Waals surface area contributed by atoms with Gasteiger partial charge in [0.15, 0.2) is 0 Å². The summed E-state index contributed by atoms with van der Waals surface area (Å²) in [5.74, 6) is 0. The Morgan fingerprint density at radius 1 is 0.418 bits per heavy atom. The second kappa shape index (κ2) is 17.4. The zero-order valence-electron chi connectivity index (χ0n) is 48.1. The van der Waals surface area contributed by atoms with Crippen LogP contribution in [0.1, 0.15) is 124 Å². The number of hydrogen-bond donors (Lipinski definition) is 0. The maximum absolute atomic E-state index is 6.79. The summed E-state index contributed by atoms with van der Waals surface area (Å²) in [7, 11) is 0. The van der Waals surface area contributed by atoms with E-state index in [2.05, 4.69) is 279 Å². The summed E-state index contributed by atoms with van der Waals surface area (Å²) in [5, 5.41) is 2.27. The van der Waals surface area contributed by atoms with Gasteiger partial charge in [-0.2, -0.15) is 0 Å². The third-order valence-electron chi connectivity index (χ3n) is 19.1. The molecule has 2 unspecified atom stereocenters. The van der Waals surface area contributed by atoms with E-state index >= 15 is 0 Å². The van der Waals surface area contributed by atoms with Gasteiger partial charge >= 0.3 is 0 Å². The van der Waals surface area contributed by atoms with Crippen molar-refractivity contribution >= 4 is 90.5 Å². The van der Waals surface area contributed by atoms with E-state index in [1.807, 2.05) is 0 Å². The van der Waals surface area contributed by atoms with Crippen molar-refractivity contribution in [1.29, 1.82) is 0 Å². The van der Waals surface area contributed by atoms with E-state index in [4.69, 9.17) is 4.42 Å². The summed E-state index contributed by atoms with van der Waals surface area (Å²) in [6, 6.07) is 72.2. The predicted octanol–water partition coefficient (Wildman–Crippen LogP) is 18.6.